The smallest absolute Gasteiger partial charge is 0.0766 e. The van der Waals surface area contributed by atoms with Crippen LogP contribution in [0.4, 0.5) is 0 Å². The highest BCUT2D eigenvalue weighted by atomic mass is 16.3. The first-order valence-electron chi connectivity index (χ1n) is 6.74. The van der Waals surface area contributed by atoms with Gasteiger partial charge in [-0.1, -0.05) is 44.2 Å². The van der Waals surface area contributed by atoms with Gasteiger partial charge in [0.05, 0.1) is 12.2 Å². The second-order valence-electron chi connectivity index (χ2n) is 4.88. The van der Waals surface area contributed by atoms with Gasteiger partial charge < -0.3 is 15.5 Å². The molecular formula is C15H25NO2. The van der Waals surface area contributed by atoms with Gasteiger partial charge in [0.2, 0.25) is 0 Å². The van der Waals surface area contributed by atoms with Crippen molar-refractivity contribution in [2.45, 2.75) is 44.8 Å². The third-order valence-electron chi connectivity index (χ3n) is 3.58. The average molecular weight is 251 g/mol. The number of hydrogen-bond donors (Lipinski definition) is 3. The van der Waals surface area contributed by atoms with Crippen molar-refractivity contribution in [2.24, 2.45) is 0 Å². The Hall–Kier alpha value is -0.900. The lowest BCUT2D eigenvalue weighted by atomic mass is 9.96. The van der Waals surface area contributed by atoms with Crippen LogP contribution in [0.3, 0.4) is 0 Å². The Morgan fingerprint density at radius 2 is 1.78 bits per heavy atom. The molecule has 0 aromatic heterocycles. The molecule has 1 aromatic carbocycles. The third kappa shape index (κ3) is 4.77. The summed E-state index contributed by atoms with van der Waals surface area (Å²) in [6.07, 6.45) is 2.22. The van der Waals surface area contributed by atoms with E-state index in [2.05, 4.69) is 17.4 Å². The van der Waals surface area contributed by atoms with Crippen molar-refractivity contribution in [1.82, 2.24) is 5.32 Å². The van der Waals surface area contributed by atoms with Crippen LogP contribution in [0.15, 0.2) is 30.3 Å². The van der Waals surface area contributed by atoms with Crippen LogP contribution in [0.25, 0.3) is 0 Å². The Labute approximate surface area is 110 Å². The minimum Gasteiger partial charge on any atom is -0.395 e. The fourth-order valence-corrected chi connectivity index (χ4v) is 1.93. The van der Waals surface area contributed by atoms with E-state index < -0.39 is 5.60 Å². The highest BCUT2D eigenvalue weighted by Gasteiger charge is 2.23. The minimum absolute atomic E-state index is 0.00275. The van der Waals surface area contributed by atoms with Crippen molar-refractivity contribution in [3.63, 3.8) is 0 Å². The first-order chi connectivity index (χ1) is 8.63. The standard InChI is InChI=1S/C15H25NO2/c1-3-15(18,4-2)12-16-14(11-17)10-13-8-6-5-7-9-13/h5-9,14,16-18H,3-4,10-12H2,1-2H3. The maximum Gasteiger partial charge on any atom is 0.0766 e. The third-order valence-corrected chi connectivity index (χ3v) is 3.58. The van der Waals surface area contributed by atoms with Crippen LogP contribution in [0.2, 0.25) is 0 Å². The monoisotopic (exact) mass is 251 g/mol. The van der Waals surface area contributed by atoms with Crippen LogP contribution in [-0.2, 0) is 6.42 Å². The van der Waals surface area contributed by atoms with E-state index in [9.17, 15) is 10.2 Å². The lowest BCUT2D eigenvalue weighted by Gasteiger charge is -2.28. The largest absolute Gasteiger partial charge is 0.395 e. The summed E-state index contributed by atoms with van der Waals surface area (Å²) in [7, 11) is 0. The Morgan fingerprint density at radius 3 is 2.28 bits per heavy atom. The summed E-state index contributed by atoms with van der Waals surface area (Å²) in [5, 5.41) is 22.8. The van der Waals surface area contributed by atoms with Crippen molar-refractivity contribution in [3.05, 3.63) is 35.9 Å². The molecule has 3 nitrogen and oxygen atoms in total. The zero-order valence-corrected chi connectivity index (χ0v) is 11.4. The fraction of sp³-hybridized carbons (Fsp3) is 0.600. The molecule has 0 spiro atoms. The molecule has 1 unspecified atom stereocenters. The molecule has 0 radical (unpaired) electrons. The second-order valence-corrected chi connectivity index (χ2v) is 4.88. The van der Waals surface area contributed by atoms with E-state index in [4.69, 9.17) is 0 Å². The maximum atomic E-state index is 10.2. The number of rotatable bonds is 8. The van der Waals surface area contributed by atoms with Crippen molar-refractivity contribution < 1.29 is 10.2 Å². The van der Waals surface area contributed by atoms with Gasteiger partial charge in [-0.05, 0) is 24.8 Å². The molecule has 1 aromatic rings. The molecule has 0 saturated carbocycles. The van der Waals surface area contributed by atoms with Gasteiger partial charge in [0.15, 0.2) is 0 Å². The van der Waals surface area contributed by atoms with Gasteiger partial charge in [-0.3, -0.25) is 0 Å². The number of hydrogen-bond acceptors (Lipinski definition) is 3. The molecule has 3 heteroatoms. The molecule has 0 aliphatic carbocycles. The number of aliphatic hydroxyl groups is 2. The molecule has 0 saturated heterocycles. The van der Waals surface area contributed by atoms with E-state index in [0.717, 1.165) is 19.3 Å². The quantitative estimate of drug-likeness (QED) is 0.659. The summed E-state index contributed by atoms with van der Waals surface area (Å²) >= 11 is 0. The van der Waals surface area contributed by atoms with Crippen molar-refractivity contribution >= 4 is 0 Å². The predicted molar refractivity (Wildman–Crippen MR) is 74.6 cm³/mol. The first-order valence-corrected chi connectivity index (χ1v) is 6.74. The van der Waals surface area contributed by atoms with Gasteiger partial charge >= 0.3 is 0 Å². The topological polar surface area (TPSA) is 52.5 Å². The Balaban J connectivity index is 2.48. The van der Waals surface area contributed by atoms with Crippen molar-refractivity contribution in [1.29, 1.82) is 0 Å². The predicted octanol–water partition coefficient (Wildman–Crippen LogP) is 1.73. The summed E-state index contributed by atoms with van der Waals surface area (Å²) in [6.45, 7) is 4.57. The molecular weight excluding hydrogens is 226 g/mol. The van der Waals surface area contributed by atoms with Crippen LogP contribution >= 0.6 is 0 Å². The van der Waals surface area contributed by atoms with Crippen LogP contribution < -0.4 is 5.32 Å². The van der Waals surface area contributed by atoms with Gasteiger partial charge in [-0.2, -0.15) is 0 Å². The van der Waals surface area contributed by atoms with Crippen LogP contribution in [0.5, 0.6) is 0 Å². The second kappa shape index (κ2) is 7.52. The number of aliphatic hydroxyl groups excluding tert-OH is 1. The molecule has 0 aliphatic rings. The number of nitrogens with one attached hydrogen (secondary N) is 1. The van der Waals surface area contributed by atoms with Gasteiger partial charge in [-0.15, -0.1) is 0 Å². The van der Waals surface area contributed by atoms with Gasteiger partial charge in [0.1, 0.15) is 0 Å². The molecule has 1 rings (SSSR count). The molecule has 0 amide bonds. The highest BCUT2D eigenvalue weighted by molar-refractivity contribution is 5.15. The summed E-state index contributed by atoms with van der Waals surface area (Å²) in [5.41, 5.74) is 0.532. The maximum absolute atomic E-state index is 10.2. The van der Waals surface area contributed by atoms with E-state index in [0.29, 0.717) is 6.54 Å². The molecule has 18 heavy (non-hydrogen) atoms. The molecule has 0 bridgehead atoms. The summed E-state index contributed by atoms with van der Waals surface area (Å²) in [5.74, 6) is 0. The van der Waals surface area contributed by atoms with E-state index in [1.165, 1.54) is 5.56 Å². The molecule has 1 atom stereocenters. The van der Waals surface area contributed by atoms with Crippen LogP contribution in [-0.4, -0.2) is 35.0 Å². The van der Waals surface area contributed by atoms with Crippen LogP contribution in [0, 0.1) is 0 Å². The molecule has 0 fully saturated rings. The Morgan fingerprint density at radius 1 is 1.17 bits per heavy atom. The summed E-state index contributed by atoms with van der Waals surface area (Å²) in [4.78, 5) is 0. The average Bonchev–Trinajstić information content (AvgIpc) is 2.44. The zero-order valence-electron chi connectivity index (χ0n) is 11.4. The number of benzene rings is 1. The lowest BCUT2D eigenvalue weighted by Crippen LogP contribution is -2.45. The Bertz CT molecular complexity index is 323. The SMILES string of the molecule is CCC(O)(CC)CNC(CO)Cc1ccccc1. The van der Waals surface area contributed by atoms with Crippen molar-refractivity contribution in [3.8, 4) is 0 Å². The highest BCUT2D eigenvalue weighted by Crippen LogP contribution is 2.13. The van der Waals surface area contributed by atoms with Gasteiger partial charge in [-0.25, -0.2) is 0 Å². The fourth-order valence-electron chi connectivity index (χ4n) is 1.93. The summed E-state index contributed by atoms with van der Waals surface area (Å²) < 4.78 is 0. The van der Waals surface area contributed by atoms with E-state index in [1.54, 1.807) is 0 Å². The van der Waals surface area contributed by atoms with Crippen LogP contribution in [0.1, 0.15) is 32.3 Å². The van der Waals surface area contributed by atoms with E-state index in [1.807, 2.05) is 32.0 Å². The van der Waals surface area contributed by atoms with Gasteiger partial charge in [0, 0.05) is 12.6 Å². The first kappa shape index (κ1) is 15.2. The summed E-state index contributed by atoms with van der Waals surface area (Å²) in [6, 6.07) is 10.1. The molecule has 0 heterocycles. The molecule has 3 N–H and O–H groups in total. The van der Waals surface area contributed by atoms with E-state index >= 15 is 0 Å². The zero-order chi connectivity index (χ0) is 13.4. The lowest BCUT2D eigenvalue weighted by molar-refractivity contribution is 0.0278. The van der Waals surface area contributed by atoms with Crippen molar-refractivity contribution in [2.75, 3.05) is 13.2 Å². The van der Waals surface area contributed by atoms with E-state index in [-0.39, 0.29) is 12.6 Å². The normalized spacial score (nSPS) is 13.6. The minimum atomic E-state index is -0.663. The Kier molecular flexibility index (Phi) is 6.33. The van der Waals surface area contributed by atoms with Gasteiger partial charge in [0.25, 0.3) is 0 Å². The molecule has 102 valence electrons. The molecule has 0 aliphatic heterocycles.